The third-order valence-corrected chi connectivity index (χ3v) is 6.30. The first-order valence-electron chi connectivity index (χ1n) is 10.9. The van der Waals surface area contributed by atoms with Crippen LogP contribution in [0.1, 0.15) is 29.6 Å². The summed E-state index contributed by atoms with van der Waals surface area (Å²) in [5.41, 5.74) is -0.749. The monoisotopic (exact) mass is 433 g/mol. The Morgan fingerprint density at radius 1 is 0.938 bits per heavy atom. The van der Waals surface area contributed by atoms with E-state index >= 15 is 0 Å². The van der Waals surface area contributed by atoms with E-state index in [1.807, 2.05) is 72.8 Å². The van der Waals surface area contributed by atoms with Gasteiger partial charge in [0.2, 0.25) is 0 Å². The Morgan fingerprint density at radius 3 is 2.31 bits per heavy atom. The molecule has 2 N–H and O–H groups in total. The lowest BCUT2D eigenvalue weighted by Crippen LogP contribution is -2.52. The van der Waals surface area contributed by atoms with Crippen molar-refractivity contribution in [2.45, 2.75) is 24.9 Å². The van der Waals surface area contributed by atoms with Crippen molar-refractivity contribution in [1.29, 1.82) is 0 Å². The fraction of sp³-hybridized carbons (Fsp3) is 0.308. The van der Waals surface area contributed by atoms with Gasteiger partial charge in [0.1, 0.15) is 5.75 Å². The number of hydrogen-bond donors (Lipinski definition) is 2. The molecule has 0 aromatic heterocycles. The van der Waals surface area contributed by atoms with Gasteiger partial charge < -0.3 is 19.8 Å². The number of likely N-dealkylation sites (tertiary alicyclic amines) is 1. The molecule has 1 aliphatic rings. The molecule has 0 aliphatic carbocycles. The number of para-hydroxylation sites is 1. The van der Waals surface area contributed by atoms with Gasteiger partial charge in [0, 0.05) is 18.7 Å². The molecule has 1 fully saturated rings. The van der Waals surface area contributed by atoms with E-state index in [-0.39, 0.29) is 31.8 Å². The molecule has 166 valence electrons. The Labute approximate surface area is 187 Å². The molecule has 1 amide bonds. The molecule has 6 heteroatoms. The van der Waals surface area contributed by atoms with E-state index in [2.05, 4.69) is 0 Å². The van der Waals surface area contributed by atoms with E-state index in [1.54, 1.807) is 4.90 Å². The van der Waals surface area contributed by atoms with Crippen LogP contribution < -0.4 is 4.74 Å². The summed E-state index contributed by atoms with van der Waals surface area (Å²) in [7, 11) is 0. The third-order valence-electron chi connectivity index (χ3n) is 6.30. The third kappa shape index (κ3) is 4.60. The second-order valence-electron chi connectivity index (χ2n) is 8.26. The van der Waals surface area contributed by atoms with Crippen LogP contribution >= 0.6 is 0 Å². The molecule has 4 rings (SSSR count). The van der Waals surface area contributed by atoms with Crippen molar-refractivity contribution in [3.63, 3.8) is 0 Å². The van der Waals surface area contributed by atoms with Crippen LogP contribution in [0.2, 0.25) is 0 Å². The number of aliphatic carboxylic acids is 1. The van der Waals surface area contributed by atoms with Crippen molar-refractivity contribution in [3.8, 4) is 5.75 Å². The Balaban J connectivity index is 1.41. The van der Waals surface area contributed by atoms with Crippen LogP contribution in [-0.4, -0.2) is 52.3 Å². The summed E-state index contributed by atoms with van der Waals surface area (Å²) in [4.78, 5) is 26.8. The normalized spacial score (nSPS) is 16.5. The summed E-state index contributed by atoms with van der Waals surface area (Å²) < 4.78 is 5.64. The van der Waals surface area contributed by atoms with Gasteiger partial charge in [-0.25, -0.2) is 0 Å². The smallest absolute Gasteiger partial charge is 0.309 e. The predicted octanol–water partition coefficient (Wildman–Crippen LogP) is 3.98. The first-order valence-corrected chi connectivity index (χ1v) is 10.9. The van der Waals surface area contributed by atoms with Crippen molar-refractivity contribution in [2.24, 2.45) is 5.92 Å². The number of carboxylic acid groups (broad SMARTS) is 1. The Bertz CT molecular complexity index is 1080. The van der Waals surface area contributed by atoms with Gasteiger partial charge >= 0.3 is 5.97 Å². The number of nitrogens with zero attached hydrogens (tertiary/aromatic N) is 1. The van der Waals surface area contributed by atoms with Crippen LogP contribution in [0.3, 0.4) is 0 Å². The van der Waals surface area contributed by atoms with Crippen LogP contribution in [0.5, 0.6) is 5.75 Å². The molecule has 3 aromatic rings. The minimum Gasteiger partial charge on any atom is -0.494 e. The molecular weight excluding hydrogens is 406 g/mol. The van der Waals surface area contributed by atoms with E-state index in [0.29, 0.717) is 24.4 Å². The number of ether oxygens (including phenoxy) is 1. The number of piperidine rings is 1. The molecule has 0 radical (unpaired) electrons. The number of aliphatic hydroxyl groups is 1. The van der Waals surface area contributed by atoms with Crippen LogP contribution in [0.25, 0.3) is 10.8 Å². The fourth-order valence-corrected chi connectivity index (χ4v) is 4.46. The van der Waals surface area contributed by atoms with E-state index in [9.17, 15) is 19.8 Å². The number of hydrogen-bond acceptors (Lipinski definition) is 4. The van der Waals surface area contributed by atoms with E-state index in [1.165, 1.54) is 0 Å². The van der Waals surface area contributed by atoms with Gasteiger partial charge in [0.25, 0.3) is 5.91 Å². The van der Waals surface area contributed by atoms with Crippen LogP contribution in [0, 0.1) is 5.92 Å². The molecule has 1 heterocycles. The van der Waals surface area contributed by atoms with Gasteiger partial charge in [0.15, 0.2) is 0 Å². The largest absolute Gasteiger partial charge is 0.494 e. The van der Waals surface area contributed by atoms with Gasteiger partial charge in [-0.1, -0.05) is 54.6 Å². The zero-order valence-electron chi connectivity index (χ0n) is 17.8. The number of amides is 1. The highest BCUT2D eigenvalue weighted by Crippen LogP contribution is 2.33. The SMILES string of the molecule is O=C(O)C(CCOc1ccccc1)C1(O)CCN(C(=O)c2cccc3ccccc23)CC1. The maximum Gasteiger partial charge on any atom is 0.309 e. The fourth-order valence-electron chi connectivity index (χ4n) is 4.46. The van der Waals surface area contributed by atoms with Crippen molar-refractivity contribution >= 4 is 22.6 Å². The first-order chi connectivity index (χ1) is 15.5. The van der Waals surface area contributed by atoms with E-state index in [4.69, 9.17) is 4.74 Å². The topological polar surface area (TPSA) is 87.1 Å². The highest BCUT2D eigenvalue weighted by Gasteiger charge is 2.44. The average molecular weight is 434 g/mol. The van der Waals surface area contributed by atoms with Crippen molar-refractivity contribution < 1.29 is 24.5 Å². The Kier molecular flexibility index (Phi) is 6.42. The van der Waals surface area contributed by atoms with Gasteiger partial charge in [0.05, 0.1) is 18.1 Å². The number of benzene rings is 3. The van der Waals surface area contributed by atoms with Gasteiger partial charge in [-0.3, -0.25) is 9.59 Å². The second-order valence-corrected chi connectivity index (χ2v) is 8.26. The van der Waals surface area contributed by atoms with Gasteiger partial charge in [-0.2, -0.15) is 0 Å². The lowest BCUT2D eigenvalue weighted by atomic mass is 9.77. The summed E-state index contributed by atoms with van der Waals surface area (Å²) in [6, 6.07) is 22.6. The highest BCUT2D eigenvalue weighted by molar-refractivity contribution is 6.07. The first kappa shape index (κ1) is 21.8. The number of carbonyl (C=O) groups is 2. The summed E-state index contributed by atoms with van der Waals surface area (Å²) in [6.45, 7) is 0.811. The number of fused-ring (bicyclic) bond motifs is 1. The molecule has 1 unspecified atom stereocenters. The highest BCUT2D eigenvalue weighted by atomic mass is 16.5. The Hall–Kier alpha value is -3.38. The number of carbonyl (C=O) groups excluding carboxylic acids is 1. The summed E-state index contributed by atoms with van der Waals surface area (Å²) in [5.74, 6) is -1.43. The summed E-state index contributed by atoms with van der Waals surface area (Å²) in [5, 5.41) is 22.8. The minimum atomic E-state index is -1.37. The molecule has 1 aliphatic heterocycles. The molecule has 0 saturated carbocycles. The molecule has 3 aromatic carbocycles. The lowest BCUT2D eigenvalue weighted by molar-refractivity contribution is -0.156. The quantitative estimate of drug-likeness (QED) is 0.589. The lowest BCUT2D eigenvalue weighted by Gasteiger charge is -2.41. The average Bonchev–Trinajstić information content (AvgIpc) is 2.82. The molecule has 1 atom stereocenters. The van der Waals surface area contributed by atoms with E-state index in [0.717, 1.165) is 10.8 Å². The van der Waals surface area contributed by atoms with Crippen molar-refractivity contribution in [3.05, 3.63) is 78.4 Å². The maximum atomic E-state index is 13.2. The van der Waals surface area contributed by atoms with Crippen LogP contribution in [0.4, 0.5) is 0 Å². The van der Waals surface area contributed by atoms with Crippen LogP contribution in [0.15, 0.2) is 72.8 Å². The molecule has 32 heavy (non-hydrogen) atoms. The Morgan fingerprint density at radius 2 is 1.59 bits per heavy atom. The summed E-state index contributed by atoms with van der Waals surface area (Å²) in [6.07, 6.45) is 0.621. The number of rotatable bonds is 7. The van der Waals surface area contributed by atoms with Gasteiger partial charge in [-0.15, -0.1) is 0 Å². The second kappa shape index (κ2) is 9.40. The minimum absolute atomic E-state index is 0.0943. The molecule has 0 bridgehead atoms. The maximum absolute atomic E-state index is 13.2. The van der Waals surface area contributed by atoms with Crippen molar-refractivity contribution in [2.75, 3.05) is 19.7 Å². The predicted molar refractivity (Wildman–Crippen MR) is 122 cm³/mol. The molecule has 0 spiro atoms. The molecule has 1 saturated heterocycles. The number of carboxylic acids is 1. The zero-order valence-corrected chi connectivity index (χ0v) is 17.8. The van der Waals surface area contributed by atoms with Gasteiger partial charge in [-0.05, 0) is 48.2 Å². The van der Waals surface area contributed by atoms with Crippen molar-refractivity contribution in [1.82, 2.24) is 4.90 Å². The molecule has 6 nitrogen and oxygen atoms in total. The standard InChI is InChI=1S/C26H27NO5/c28-24(22-12-6-8-19-7-4-5-11-21(19)22)27-16-14-26(31,15-17-27)23(25(29)30)13-18-32-20-9-2-1-3-10-20/h1-12,23,31H,13-18H2,(H,29,30). The zero-order chi connectivity index (χ0) is 22.6. The van der Waals surface area contributed by atoms with E-state index < -0.39 is 17.5 Å². The summed E-state index contributed by atoms with van der Waals surface area (Å²) >= 11 is 0. The van der Waals surface area contributed by atoms with Crippen LogP contribution in [-0.2, 0) is 4.79 Å². The molecular formula is C26H27NO5.